The zero-order chi connectivity index (χ0) is 15.6. The van der Waals surface area contributed by atoms with Gasteiger partial charge in [-0.3, -0.25) is 14.5 Å². The molecule has 0 fully saturated rings. The van der Waals surface area contributed by atoms with Crippen molar-refractivity contribution in [1.82, 2.24) is 5.32 Å². The minimum atomic E-state index is -0.235. The molecule has 2 rings (SSSR count). The van der Waals surface area contributed by atoms with Gasteiger partial charge < -0.3 is 15.8 Å². The van der Waals surface area contributed by atoms with Crippen LogP contribution >= 0.6 is 0 Å². The average molecular weight is 291 g/mol. The summed E-state index contributed by atoms with van der Waals surface area (Å²) < 4.78 is 5.41. The van der Waals surface area contributed by atoms with Crippen LogP contribution in [0.1, 0.15) is 25.5 Å². The number of carbonyl (C=O) groups is 2. The summed E-state index contributed by atoms with van der Waals surface area (Å²) in [4.78, 5) is 25.0. The monoisotopic (exact) mass is 291 g/mol. The van der Waals surface area contributed by atoms with Crippen LogP contribution in [0.3, 0.4) is 0 Å². The molecular formula is C15H21N3O3. The lowest BCUT2D eigenvalue weighted by molar-refractivity contribution is -0.125. The van der Waals surface area contributed by atoms with E-state index in [0.29, 0.717) is 11.4 Å². The fraction of sp³-hybridized carbons (Fsp3) is 0.467. The Morgan fingerprint density at radius 3 is 2.81 bits per heavy atom. The molecule has 1 heterocycles. The summed E-state index contributed by atoms with van der Waals surface area (Å²) in [6.45, 7) is 3.99. The molecule has 6 nitrogen and oxygen atoms in total. The number of amides is 2. The van der Waals surface area contributed by atoms with E-state index in [-0.39, 0.29) is 36.9 Å². The smallest absolute Gasteiger partial charge is 0.265 e. The molecule has 1 unspecified atom stereocenters. The molecule has 0 radical (unpaired) electrons. The highest BCUT2D eigenvalue weighted by molar-refractivity contribution is 6.02. The summed E-state index contributed by atoms with van der Waals surface area (Å²) in [6, 6.07) is 5.40. The van der Waals surface area contributed by atoms with Gasteiger partial charge in [0.05, 0.1) is 5.69 Å². The second-order valence-electron chi connectivity index (χ2n) is 5.44. The van der Waals surface area contributed by atoms with Gasteiger partial charge in [-0.05, 0) is 23.6 Å². The lowest BCUT2D eigenvalue weighted by Gasteiger charge is -2.30. The van der Waals surface area contributed by atoms with E-state index in [1.165, 1.54) is 4.90 Å². The van der Waals surface area contributed by atoms with E-state index in [0.717, 1.165) is 5.56 Å². The zero-order valence-electron chi connectivity index (χ0n) is 12.6. The minimum Gasteiger partial charge on any atom is -0.482 e. The van der Waals surface area contributed by atoms with Gasteiger partial charge in [-0.25, -0.2) is 0 Å². The Morgan fingerprint density at radius 1 is 1.48 bits per heavy atom. The number of ether oxygens (including phenoxy) is 1. The molecule has 1 aromatic carbocycles. The molecule has 21 heavy (non-hydrogen) atoms. The number of likely N-dealkylation sites (N-methyl/N-ethyl adjacent to an activating group) is 1. The van der Waals surface area contributed by atoms with Crippen molar-refractivity contribution < 1.29 is 14.3 Å². The largest absolute Gasteiger partial charge is 0.482 e. The Bertz CT molecular complexity index is 557. The summed E-state index contributed by atoms with van der Waals surface area (Å²) >= 11 is 0. The van der Waals surface area contributed by atoms with Crippen molar-refractivity contribution in [1.29, 1.82) is 0 Å². The fourth-order valence-electron chi connectivity index (χ4n) is 2.21. The molecule has 1 aliphatic rings. The Kier molecular flexibility index (Phi) is 4.47. The standard InChI is InChI=1S/C15H21N3O3/c1-9(2)15(16)10-4-5-12-11(6-10)18(7-13(19)17-3)14(20)8-21-12/h4-6,9,15H,7-8,16H2,1-3H3,(H,17,19). The molecule has 0 bridgehead atoms. The summed E-state index contributed by atoms with van der Waals surface area (Å²) in [5.74, 6) is 0.407. The molecule has 2 amide bonds. The van der Waals surface area contributed by atoms with Gasteiger partial charge in [0.25, 0.3) is 5.91 Å². The van der Waals surface area contributed by atoms with E-state index in [2.05, 4.69) is 5.32 Å². The summed E-state index contributed by atoms with van der Waals surface area (Å²) in [7, 11) is 1.54. The molecule has 0 aromatic heterocycles. The number of nitrogens with one attached hydrogen (secondary N) is 1. The van der Waals surface area contributed by atoms with Crippen LogP contribution in [-0.4, -0.2) is 32.0 Å². The van der Waals surface area contributed by atoms with Crippen LogP contribution in [0.4, 0.5) is 5.69 Å². The van der Waals surface area contributed by atoms with Gasteiger partial charge in [-0.1, -0.05) is 19.9 Å². The molecular weight excluding hydrogens is 270 g/mol. The quantitative estimate of drug-likeness (QED) is 0.860. The van der Waals surface area contributed by atoms with Gasteiger partial charge in [0.15, 0.2) is 6.61 Å². The third kappa shape index (κ3) is 3.16. The molecule has 1 aliphatic heterocycles. The van der Waals surface area contributed by atoms with Gasteiger partial charge in [-0.2, -0.15) is 0 Å². The normalized spacial score (nSPS) is 15.5. The number of benzene rings is 1. The van der Waals surface area contributed by atoms with Crippen molar-refractivity contribution in [2.45, 2.75) is 19.9 Å². The predicted molar refractivity (Wildman–Crippen MR) is 80.1 cm³/mol. The average Bonchev–Trinajstić information content (AvgIpc) is 2.48. The first-order chi connectivity index (χ1) is 9.93. The van der Waals surface area contributed by atoms with E-state index in [9.17, 15) is 9.59 Å². The lowest BCUT2D eigenvalue weighted by atomic mass is 9.96. The van der Waals surface area contributed by atoms with E-state index in [1.54, 1.807) is 13.1 Å². The SMILES string of the molecule is CNC(=O)CN1C(=O)COc2ccc(C(N)C(C)C)cc21. The zero-order valence-corrected chi connectivity index (χ0v) is 12.6. The van der Waals surface area contributed by atoms with Gasteiger partial charge in [0.2, 0.25) is 5.91 Å². The van der Waals surface area contributed by atoms with E-state index < -0.39 is 0 Å². The maximum absolute atomic E-state index is 12.0. The first kappa shape index (κ1) is 15.3. The van der Waals surface area contributed by atoms with Crippen LogP contribution < -0.4 is 20.7 Å². The molecule has 0 saturated carbocycles. The second kappa shape index (κ2) is 6.13. The summed E-state index contributed by atoms with van der Waals surface area (Å²) in [5.41, 5.74) is 7.68. The van der Waals surface area contributed by atoms with Crippen LogP contribution in [0.15, 0.2) is 18.2 Å². The number of nitrogens with zero attached hydrogens (tertiary/aromatic N) is 1. The number of carbonyl (C=O) groups excluding carboxylic acids is 2. The Labute approximate surface area is 124 Å². The number of hydrogen-bond donors (Lipinski definition) is 2. The van der Waals surface area contributed by atoms with Crippen molar-refractivity contribution in [3.63, 3.8) is 0 Å². The molecule has 114 valence electrons. The van der Waals surface area contributed by atoms with Gasteiger partial charge >= 0.3 is 0 Å². The van der Waals surface area contributed by atoms with E-state index in [4.69, 9.17) is 10.5 Å². The third-order valence-corrected chi connectivity index (χ3v) is 3.61. The molecule has 0 saturated heterocycles. The van der Waals surface area contributed by atoms with Crippen LogP contribution in [0.25, 0.3) is 0 Å². The van der Waals surface area contributed by atoms with Crippen molar-refractivity contribution in [2.75, 3.05) is 25.1 Å². The van der Waals surface area contributed by atoms with Gasteiger partial charge in [0.1, 0.15) is 12.3 Å². The highest BCUT2D eigenvalue weighted by Gasteiger charge is 2.28. The first-order valence-corrected chi connectivity index (χ1v) is 6.97. The van der Waals surface area contributed by atoms with E-state index >= 15 is 0 Å². The van der Waals surface area contributed by atoms with Crippen LogP contribution in [0.2, 0.25) is 0 Å². The van der Waals surface area contributed by atoms with Crippen LogP contribution in [0, 0.1) is 5.92 Å². The fourth-order valence-corrected chi connectivity index (χ4v) is 2.21. The molecule has 0 aliphatic carbocycles. The second-order valence-corrected chi connectivity index (χ2v) is 5.44. The third-order valence-electron chi connectivity index (χ3n) is 3.61. The highest BCUT2D eigenvalue weighted by Crippen LogP contribution is 2.35. The number of hydrogen-bond acceptors (Lipinski definition) is 4. The number of fused-ring (bicyclic) bond motifs is 1. The Hall–Kier alpha value is -2.08. The van der Waals surface area contributed by atoms with Crippen molar-refractivity contribution in [2.24, 2.45) is 11.7 Å². The number of nitrogens with two attached hydrogens (primary N) is 1. The number of rotatable bonds is 4. The molecule has 0 spiro atoms. The molecule has 3 N–H and O–H groups in total. The summed E-state index contributed by atoms with van der Waals surface area (Å²) in [6.07, 6.45) is 0. The van der Waals surface area contributed by atoms with Crippen molar-refractivity contribution in [3.05, 3.63) is 23.8 Å². The maximum Gasteiger partial charge on any atom is 0.265 e. The molecule has 6 heteroatoms. The van der Waals surface area contributed by atoms with E-state index in [1.807, 2.05) is 26.0 Å². The molecule has 1 aromatic rings. The highest BCUT2D eigenvalue weighted by atomic mass is 16.5. The predicted octanol–water partition coefficient (Wildman–Crippen LogP) is 0.814. The summed E-state index contributed by atoms with van der Waals surface area (Å²) in [5, 5.41) is 2.52. The van der Waals surface area contributed by atoms with Crippen molar-refractivity contribution >= 4 is 17.5 Å². The van der Waals surface area contributed by atoms with Gasteiger partial charge in [0, 0.05) is 13.1 Å². The Balaban J connectivity index is 2.37. The molecule has 1 atom stereocenters. The minimum absolute atomic E-state index is 0.0218. The van der Waals surface area contributed by atoms with Gasteiger partial charge in [-0.15, -0.1) is 0 Å². The number of anilines is 1. The lowest BCUT2D eigenvalue weighted by Crippen LogP contribution is -2.44. The Morgan fingerprint density at radius 2 is 2.19 bits per heavy atom. The van der Waals surface area contributed by atoms with Crippen molar-refractivity contribution in [3.8, 4) is 5.75 Å². The van der Waals surface area contributed by atoms with Crippen LogP contribution in [0.5, 0.6) is 5.75 Å². The first-order valence-electron chi connectivity index (χ1n) is 6.97. The topological polar surface area (TPSA) is 84.7 Å². The van der Waals surface area contributed by atoms with Crippen LogP contribution in [-0.2, 0) is 9.59 Å². The maximum atomic E-state index is 12.0.